The summed E-state index contributed by atoms with van der Waals surface area (Å²) in [5.74, 6) is -0.0225. The van der Waals surface area contributed by atoms with Gasteiger partial charge in [0.05, 0.1) is 17.1 Å². The zero-order chi connectivity index (χ0) is 18.7. The normalized spacial score (nSPS) is 13.8. The Kier molecular flexibility index (Phi) is 5.24. The second-order valence-electron chi connectivity index (χ2n) is 5.92. The molecule has 1 heterocycles. The summed E-state index contributed by atoms with van der Waals surface area (Å²) in [5.41, 5.74) is 1.28. The van der Waals surface area contributed by atoms with Gasteiger partial charge < -0.3 is 9.64 Å². The van der Waals surface area contributed by atoms with E-state index in [2.05, 4.69) is 4.72 Å². The topological polar surface area (TPSA) is 75.7 Å². The molecular weight excluding hydrogens is 359 g/mol. The summed E-state index contributed by atoms with van der Waals surface area (Å²) >= 11 is 0. The molecular formula is C18H19FN2O4S. The Hall–Kier alpha value is -2.45. The van der Waals surface area contributed by atoms with E-state index < -0.39 is 10.0 Å². The number of amides is 1. The van der Waals surface area contributed by atoms with Crippen molar-refractivity contribution >= 4 is 21.6 Å². The number of ether oxygens (including phenoxy) is 1. The van der Waals surface area contributed by atoms with E-state index in [1.165, 1.54) is 36.1 Å². The van der Waals surface area contributed by atoms with Crippen LogP contribution in [0.15, 0.2) is 47.4 Å². The molecule has 0 unspecified atom stereocenters. The average Bonchev–Trinajstić information content (AvgIpc) is 2.62. The first kappa shape index (κ1) is 18.3. The van der Waals surface area contributed by atoms with Crippen molar-refractivity contribution < 1.29 is 22.3 Å². The fourth-order valence-electron chi connectivity index (χ4n) is 2.76. The van der Waals surface area contributed by atoms with Gasteiger partial charge in [-0.25, -0.2) is 17.5 Å². The third-order valence-electron chi connectivity index (χ3n) is 4.10. The van der Waals surface area contributed by atoms with E-state index in [-0.39, 0.29) is 23.2 Å². The molecule has 0 fully saturated rings. The molecule has 0 aromatic heterocycles. The summed E-state index contributed by atoms with van der Waals surface area (Å²) in [6.45, 7) is 2.35. The predicted molar refractivity (Wildman–Crippen MR) is 95.3 cm³/mol. The van der Waals surface area contributed by atoms with Crippen molar-refractivity contribution in [1.29, 1.82) is 0 Å². The minimum atomic E-state index is -3.74. The molecule has 0 aliphatic carbocycles. The first-order valence-electron chi connectivity index (χ1n) is 8.16. The molecule has 26 heavy (non-hydrogen) atoms. The fraction of sp³-hybridized carbons (Fsp3) is 0.278. The van der Waals surface area contributed by atoms with E-state index in [1.54, 1.807) is 18.2 Å². The lowest BCUT2D eigenvalue weighted by Crippen LogP contribution is -2.36. The minimum Gasteiger partial charge on any atom is -0.490 e. The maximum absolute atomic E-state index is 12.9. The van der Waals surface area contributed by atoms with Crippen molar-refractivity contribution in [3.05, 3.63) is 53.8 Å². The van der Waals surface area contributed by atoms with Crippen LogP contribution < -0.4 is 14.4 Å². The van der Waals surface area contributed by atoms with Crippen molar-refractivity contribution in [2.45, 2.75) is 18.2 Å². The summed E-state index contributed by atoms with van der Waals surface area (Å²) in [6.07, 6.45) is 0.438. The number of rotatable bonds is 5. The second-order valence-corrected chi connectivity index (χ2v) is 7.69. The Morgan fingerprint density at radius 1 is 1.23 bits per heavy atom. The zero-order valence-electron chi connectivity index (χ0n) is 14.2. The highest BCUT2D eigenvalue weighted by molar-refractivity contribution is 7.89. The van der Waals surface area contributed by atoms with E-state index >= 15 is 0 Å². The third-order valence-corrected chi connectivity index (χ3v) is 5.56. The van der Waals surface area contributed by atoms with Crippen LogP contribution >= 0.6 is 0 Å². The van der Waals surface area contributed by atoms with Crippen LogP contribution in [-0.2, 0) is 21.2 Å². The number of sulfonamides is 1. The Labute approximate surface area is 151 Å². The van der Waals surface area contributed by atoms with Crippen molar-refractivity contribution in [3.63, 3.8) is 0 Å². The lowest BCUT2D eigenvalue weighted by atomic mass is 10.1. The number of benzene rings is 2. The number of carbonyl (C=O) groups excluding carboxylic acids is 1. The molecule has 2 aromatic carbocycles. The van der Waals surface area contributed by atoms with Gasteiger partial charge in [-0.05, 0) is 42.3 Å². The van der Waals surface area contributed by atoms with Crippen molar-refractivity contribution in [2.75, 3.05) is 24.6 Å². The number of hydrogen-bond donors (Lipinski definition) is 1. The van der Waals surface area contributed by atoms with Gasteiger partial charge in [0.1, 0.15) is 18.2 Å². The highest BCUT2D eigenvalue weighted by atomic mass is 32.2. The Balaban J connectivity index is 1.74. The SMILES string of the molecule is CC(=O)N1CCOc2ccc(S(=O)(=O)NCCc3ccc(F)cc3)cc21. The van der Waals surface area contributed by atoms with Crippen LogP contribution in [0.4, 0.5) is 10.1 Å². The Morgan fingerprint density at radius 2 is 1.96 bits per heavy atom. The third kappa shape index (κ3) is 4.03. The van der Waals surface area contributed by atoms with Gasteiger partial charge in [0.2, 0.25) is 15.9 Å². The largest absolute Gasteiger partial charge is 0.490 e. The van der Waals surface area contributed by atoms with Crippen molar-refractivity contribution in [2.24, 2.45) is 0 Å². The van der Waals surface area contributed by atoms with Gasteiger partial charge in [0, 0.05) is 13.5 Å². The number of nitrogens with one attached hydrogen (secondary N) is 1. The fourth-order valence-corrected chi connectivity index (χ4v) is 3.81. The molecule has 0 spiro atoms. The van der Waals surface area contributed by atoms with Crippen molar-refractivity contribution in [3.8, 4) is 5.75 Å². The monoisotopic (exact) mass is 378 g/mol. The van der Waals surface area contributed by atoms with Gasteiger partial charge in [-0.3, -0.25) is 4.79 Å². The van der Waals surface area contributed by atoms with E-state index in [1.807, 2.05) is 0 Å². The molecule has 6 nitrogen and oxygen atoms in total. The van der Waals surface area contributed by atoms with Crippen LogP contribution in [0, 0.1) is 5.82 Å². The second kappa shape index (κ2) is 7.43. The number of nitrogens with zero attached hydrogens (tertiary/aromatic N) is 1. The van der Waals surface area contributed by atoms with Crippen LogP contribution in [0.1, 0.15) is 12.5 Å². The molecule has 1 N–H and O–H groups in total. The molecule has 0 radical (unpaired) electrons. The molecule has 1 aliphatic rings. The van der Waals surface area contributed by atoms with Gasteiger partial charge in [0.25, 0.3) is 0 Å². The van der Waals surface area contributed by atoms with Crippen LogP contribution in [-0.4, -0.2) is 34.0 Å². The van der Waals surface area contributed by atoms with Crippen LogP contribution in [0.25, 0.3) is 0 Å². The van der Waals surface area contributed by atoms with Gasteiger partial charge >= 0.3 is 0 Å². The van der Waals surface area contributed by atoms with Gasteiger partial charge in [-0.2, -0.15) is 0 Å². The molecule has 1 aliphatic heterocycles. The van der Waals surface area contributed by atoms with Crippen molar-refractivity contribution in [1.82, 2.24) is 4.72 Å². The lowest BCUT2D eigenvalue weighted by Gasteiger charge is -2.29. The highest BCUT2D eigenvalue weighted by Gasteiger charge is 2.24. The van der Waals surface area contributed by atoms with Crippen LogP contribution in [0.5, 0.6) is 5.75 Å². The van der Waals surface area contributed by atoms with E-state index in [4.69, 9.17) is 4.74 Å². The van der Waals surface area contributed by atoms with Gasteiger partial charge in [-0.15, -0.1) is 0 Å². The molecule has 8 heteroatoms. The maximum Gasteiger partial charge on any atom is 0.240 e. The Morgan fingerprint density at radius 3 is 2.65 bits per heavy atom. The summed E-state index contributed by atoms with van der Waals surface area (Å²) in [6, 6.07) is 10.3. The summed E-state index contributed by atoms with van der Waals surface area (Å²) in [7, 11) is -3.74. The van der Waals surface area contributed by atoms with Gasteiger partial charge in [-0.1, -0.05) is 12.1 Å². The first-order valence-corrected chi connectivity index (χ1v) is 9.64. The van der Waals surface area contributed by atoms with E-state index in [0.717, 1.165) is 5.56 Å². The standard InChI is InChI=1S/C18H19FN2O4S/c1-13(22)21-10-11-25-18-7-6-16(12-17(18)21)26(23,24)20-9-8-14-2-4-15(19)5-3-14/h2-7,12,20H,8-11H2,1H3. The summed E-state index contributed by atoms with van der Waals surface area (Å²) in [5, 5.41) is 0. The van der Waals surface area contributed by atoms with Crippen LogP contribution in [0.2, 0.25) is 0 Å². The number of hydrogen-bond acceptors (Lipinski definition) is 4. The molecule has 1 amide bonds. The smallest absolute Gasteiger partial charge is 0.240 e. The van der Waals surface area contributed by atoms with Gasteiger partial charge in [0.15, 0.2) is 0 Å². The number of carbonyl (C=O) groups is 1. The number of fused-ring (bicyclic) bond motifs is 1. The quantitative estimate of drug-likeness (QED) is 0.865. The molecule has 3 rings (SSSR count). The zero-order valence-corrected chi connectivity index (χ0v) is 15.1. The molecule has 0 saturated carbocycles. The molecule has 138 valence electrons. The number of anilines is 1. The maximum atomic E-state index is 12.9. The molecule has 0 saturated heterocycles. The summed E-state index contributed by atoms with van der Waals surface area (Å²) in [4.78, 5) is 13.3. The number of halogens is 1. The molecule has 0 bridgehead atoms. The minimum absolute atomic E-state index is 0.0621. The van der Waals surface area contributed by atoms with Crippen LogP contribution in [0.3, 0.4) is 0 Å². The highest BCUT2D eigenvalue weighted by Crippen LogP contribution is 2.33. The summed E-state index contributed by atoms with van der Waals surface area (Å²) < 4.78 is 45.9. The lowest BCUT2D eigenvalue weighted by molar-refractivity contribution is -0.116. The Bertz CT molecular complexity index is 913. The first-order chi connectivity index (χ1) is 12.4. The average molecular weight is 378 g/mol. The molecule has 2 aromatic rings. The predicted octanol–water partition coefficient (Wildman–Crippen LogP) is 2.09. The molecule has 0 atom stereocenters. The van der Waals surface area contributed by atoms with E-state index in [0.29, 0.717) is 31.0 Å². The van der Waals surface area contributed by atoms with E-state index in [9.17, 15) is 17.6 Å².